The van der Waals surface area contributed by atoms with E-state index in [1.165, 1.54) is 24.3 Å². The van der Waals surface area contributed by atoms with Crippen molar-refractivity contribution in [3.63, 3.8) is 0 Å². The average Bonchev–Trinajstić information content (AvgIpc) is 3.19. The van der Waals surface area contributed by atoms with Crippen molar-refractivity contribution in [2.45, 2.75) is 12.5 Å². The molecule has 148 valence electrons. The topological polar surface area (TPSA) is 34.1 Å². The van der Waals surface area contributed by atoms with Gasteiger partial charge >= 0.3 is 0 Å². The molecule has 3 aromatic rings. The Morgan fingerprint density at radius 2 is 1.62 bits per heavy atom. The maximum absolute atomic E-state index is 13.9. The molecule has 0 spiro atoms. The normalized spacial score (nSPS) is 15.9. The Morgan fingerprint density at radius 1 is 0.862 bits per heavy atom. The highest BCUT2D eigenvalue weighted by Gasteiger charge is 2.30. The summed E-state index contributed by atoms with van der Waals surface area (Å²) in [7, 11) is 3.17. The van der Waals surface area contributed by atoms with Gasteiger partial charge in [0.2, 0.25) is 0 Å². The number of hydrogen-bond acceptors (Lipinski definition) is 4. The summed E-state index contributed by atoms with van der Waals surface area (Å²) in [5, 5.41) is 6.54. The van der Waals surface area contributed by atoms with Crippen LogP contribution in [0.2, 0.25) is 0 Å². The van der Waals surface area contributed by atoms with Crippen LogP contribution in [0.3, 0.4) is 0 Å². The van der Waals surface area contributed by atoms with Gasteiger partial charge in [-0.15, -0.1) is 0 Å². The Hall–Kier alpha value is -3.41. The van der Waals surface area contributed by atoms with Crippen LogP contribution in [0.5, 0.6) is 11.5 Å². The Morgan fingerprint density at radius 3 is 2.31 bits per heavy atom. The molecule has 0 fully saturated rings. The third-order valence-electron chi connectivity index (χ3n) is 4.95. The maximum atomic E-state index is 13.9. The molecule has 0 saturated heterocycles. The van der Waals surface area contributed by atoms with Crippen LogP contribution < -0.4 is 14.5 Å². The van der Waals surface area contributed by atoms with Gasteiger partial charge in [0, 0.05) is 6.42 Å². The molecule has 0 aliphatic carbocycles. The lowest BCUT2D eigenvalue weighted by Gasteiger charge is -2.24. The van der Waals surface area contributed by atoms with E-state index in [0.717, 1.165) is 16.8 Å². The number of anilines is 1. The smallest absolute Gasteiger partial charge is 0.161 e. The zero-order valence-corrected chi connectivity index (χ0v) is 16.1. The molecule has 29 heavy (non-hydrogen) atoms. The minimum absolute atomic E-state index is 0.170. The molecular weight excluding hydrogens is 374 g/mol. The lowest BCUT2D eigenvalue weighted by atomic mass is 9.97. The van der Waals surface area contributed by atoms with Gasteiger partial charge in [-0.1, -0.05) is 24.3 Å². The number of nitrogens with zero attached hydrogens (tertiary/aromatic N) is 2. The van der Waals surface area contributed by atoms with Crippen LogP contribution in [0.15, 0.2) is 71.8 Å². The van der Waals surface area contributed by atoms with Crippen molar-refractivity contribution in [1.82, 2.24) is 0 Å². The number of benzene rings is 3. The molecule has 0 unspecified atom stereocenters. The molecule has 0 bridgehead atoms. The Balaban J connectivity index is 1.76. The van der Waals surface area contributed by atoms with Crippen LogP contribution in [0, 0.1) is 11.6 Å². The molecule has 1 aliphatic rings. The van der Waals surface area contributed by atoms with Crippen LogP contribution in [0.25, 0.3) is 0 Å². The van der Waals surface area contributed by atoms with Gasteiger partial charge in [-0.2, -0.15) is 5.10 Å². The van der Waals surface area contributed by atoms with Gasteiger partial charge < -0.3 is 9.47 Å². The monoisotopic (exact) mass is 394 g/mol. The molecule has 4 rings (SSSR count). The first kappa shape index (κ1) is 18.9. The summed E-state index contributed by atoms with van der Waals surface area (Å²) >= 11 is 0. The summed E-state index contributed by atoms with van der Waals surface area (Å²) in [5.41, 5.74) is 3.22. The minimum atomic E-state index is -0.334. The molecular formula is C23H20F2N2O2. The number of halogens is 2. The molecule has 3 aromatic carbocycles. The molecule has 0 amide bonds. The molecule has 0 N–H and O–H groups in total. The van der Waals surface area contributed by atoms with Gasteiger partial charge in [-0.3, -0.25) is 5.01 Å². The van der Waals surface area contributed by atoms with Crippen LogP contribution in [-0.4, -0.2) is 19.9 Å². The molecule has 1 aliphatic heterocycles. The summed E-state index contributed by atoms with van der Waals surface area (Å²) in [6, 6.07) is 18.1. The summed E-state index contributed by atoms with van der Waals surface area (Å²) in [4.78, 5) is 0. The standard InChI is InChI=1S/C23H20F2N2O2/c1-28-22-11-8-16(12-23(22)29-2)21-14-20(15-6-9-17(24)10-7-15)26-27(21)19-5-3-4-18(25)13-19/h3-13,21H,14H2,1-2H3/t21-/m0/s1. The number of rotatable bonds is 5. The summed E-state index contributed by atoms with van der Waals surface area (Å²) in [6.45, 7) is 0. The number of methoxy groups -OCH3 is 2. The first-order valence-electron chi connectivity index (χ1n) is 9.19. The first-order valence-corrected chi connectivity index (χ1v) is 9.19. The Kier molecular flexibility index (Phi) is 5.16. The third-order valence-corrected chi connectivity index (χ3v) is 4.95. The van der Waals surface area contributed by atoms with E-state index in [1.54, 1.807) is 37.4 Å². The van der Waals surface area contributed by atoms with Crippen LogP contribution in [-0.2, 0) is 0 Å². The minimum Gasteiger partial charge on any atom is -0.493 e. The van der Waals surface area contributed by atoms with Crippen molar-refractivity contribution in [3.05, 3.63) is 89.5 Å². The second-order valence-corrected chi connectivity index (χ2v) is 6.71. The van der Waals surface area contributed by atoms with Gasteiger partial charge in [0.15, 0.2) is 11.5 Å². The van der Waals surface area contributed by atoms with Gasteiger partial charge in [0.25, 0.3) is 0 Å². The quantitative estimate of drug-likeness (QED) is 0.586. The molecule has 4 nitrogen and oxygen atoms in total. The van der Waals surface area contributed by atoms with Crippen LogP contribution in [0.1, 0.15) is 23.6 Å². The van der Waals surface area contributed by atoms with E-state index in [1.807, 2.05) is 24.3 Å². The lowest BCUT2D eigenvalue weighted by Crippen LogP contribution is -2.18. The zero-order chi connectivity index (χ0) is 20.4. The first-order chi connectivity index (χ1) is 14.1. The van der Waals surface area contributed by atoms with Crippen molar-refractivity contribution >= 4 is 11.4 Å². The molecule has 0 aromatic heterocycles. The molecule has 1 heterocycles. The van der Waals surface area contributed by atoms with Crippen molar-refractivity contribution < 1.29 is 18.3 Å². The van der Waals surface area contributed by atoms with E-state index < -0.39 is 0 Å². The van der Waals surface area contributed by atoms with E-state index >= 15 is 0 Å². The second kappa shape index (κ2) is 7.91. The maximum Gasteiger partial charge on any atom is 0.161 e. The number of ether oxygens (including phenoxy) is 2. The van der Waals surface area contributed by atoms with E-state index in [-0.39, 0.29) is 17.7 Å². The SMILES string of the molecule is COc1ccc([C@@H]2CC(c3ccc(F)cc3)=NN2c2cccc(F)c2)cc1OC. The summed E-state index contributed by atoms with van der Waals surface area (Å²) < 4.78 is 38.0. The van der Waals surface area contributed by atoms with Gasteiger partial charge in [0.1, 0.15) is 11.6 Å². The highest BCUT2D eigenvalue weighted by atomic mass is 19.1. The van der Waals surface area contributed by atoms with Crippen molar-refractivity contribution in [3.8, 4) is 11.5 Å². The second-order valence-electron chi connectivity index (χ2n) is 6.71. The summed E-state index contributed by atoms with van der Waals surface area (Å²) in [6.07, 6.45) is 0.581. The molecule has 0 saturated carbocycles. The highest BCUT2D eigenvalue weighted by Crippen LogP contribution is 2.39. The van der Waals surface area contributed by atoms with E-state index in [4.69, 9.17) is 14.6 Å². The third kappa shape index (κ3) is 3.78. The molecule has 1 atom stereocenters. The van der Waals surface area contributed by atoms with E-state index in [0.29, 0.717) is 23.6 Å². The fourth-order valence-electron chi connectivity index (χ4n) is 3.50. The van der Waals surface area contributed by atoms with Crippen LogP contribution in [0.4, 0.5) is 14.5 Å². The molecule has 6 heteroatoms. The fourth-order valence-corrected chi connectivity index (χ4v) is 3.50. The predicted molar refractivity (Wildman–Crippen MR) is 109 cm³/mol. The zero-order valence-electron chi connectivity index (χ0n) is 16.1. The molecule has 0 radical (unpaired) electrons. The average molecular weight is 394 g/mol. The lowest BCUT2D eigenvalue weighted by molar-refractivity contribution is 0.354. The number of hydrogen-bond donors (Lipinski definition) is 0. The largest absolute Gasteiger partial charge is 0.493 e. The Labute approximate surface area is 168 Å². The number of hydrazone groups is 1. The van der Waals surface area contributed by atoms with E-state index in [2.05, 4.69) is 0 Å². The van der Waals surface area contributed by atoms with Crippen LogP contribution >= 0.6 is 0 Å². The Bertz CT molecular complexity index is 1050. The van der Waals surface area contributed by atoms with Crippen molar-refractivity contribution in [2.24, 2.45) is 5.10 Å². The van der Waals surface area contributed by atoms with Crippen molar-refractivity contribution in [2.75, 3.05) is 19.2 Å². The highest BCUT2D eigenvalue weighted by molar-refractivity contribution is 6.03. The fraction of sp³-hybridized carbons (Fsp3) is 0.174. The van der Waals surface area contributed by atoms with Gasteiger partial charge in [-0.05, 0) is 53.6 Å². The van der Waals surface area contributed by atoms with Crippen molar-refractivity contribution in [1.29, 1.82) is 0 Å². The van der Waals surface area contributed by atoms with Gasteiger partial charge in [0.05, 0.1) is 31.7 Å². The van der Waals surface area contributed by atoms with Gasteiger partial charge in [-0.25, -0.2) is 8.78 Å². The summed E-state index contributed by atoms with van der Waals surface area (Å²) in [5.74, 6) is 0.607. The van der Waals surface area contributed by atoms with E-state index in [9.17, 15) is 8.78 Å². The predicted octanol–water partition coefficient (Wildman–Crippen LogP) is 5.34.